The van der Waals surface area contributed by atoms with Crippen molar-refractivity contribution in [1.82, 2.24) is 25.3 Å². The van der Waals surface area contributed by atoms with E-state index in [9.17, 15) is 4.79 Å². The van der Waals surface area contributed by atoms with Crippen LogP contribution >= 0.6 is 24.0 Å². The van der Waals surface area contributed by atoms with Crippen LogP contribution in [0.3, 0.4) is 0 Å². The number of aliphatic imine (C=N–C) groups is 1. The van der Waals surface area contributed by atoms with Crippen LogP contribution in [0.2, 0.25) is 0 Å². The number of aryl methyl sites for hydroxylation is 2. The number of hydrogen-bond donors (Lipinski definition) is 2. The number of carbonyl (C=O) groups is 1. The Kier molecular flexibility index (Phi) is 13.2. The van der Waals surface area contributed by atoms with Crippen molar-refractivity contribution in [2.75, 3.05) is 32.7 Å². The maximum atomic E-state index is 12.0. The van der Waals surface area contributed by atoms with E-state index in [0.717, 1.165) is 45.1 Å². The number of carbonyl (C=O) groups excluding carboxylic acids is 1. The van der Waals surface area contributed by atoms with Gasteiger partial charge in [-0.25, -0.2) is 0 Å². The molecule has 1 aromatic heterocycles. The minimum atomic E-state index is 0. The van der Waals surface area contributed by atoms with Crippen molar-refractivity contribution in [2.24, 2.45) is 4.99 Å². The van der Waals surface area contributed by atoms with E-state index in [0.29, 0.717) is 13.0 Å². The number of halogens is 1. The van der Waals surface area contributed by atoms with Crippen LogP contribution in [-0.2, 0) is 11.3 Å². The van der Waals surface area contributed by atoms with Gasteiger partial charge in [-0.2, -0.15) is 5.10 Å². The molecule has 1 amide bonds. The quantitative estimate of drug-likeness (QED) is 0.241. The molecule has 25 heavy (non-hydrogen) atoms. The number of hydrogen-bond acceptors (Lipinski definition) is 3. The van der Waals surface area contributed by atoms with Gasteiger partial charge in [-0.3, -0.25) is 14.5 Å². The predicted molar refractivity (Wildman–Crippen MR) is 114 cm³/mol. The maximum Gasteiger partial charge on any atom is 0.224 e. The molecule has 8 heteroatoms. The molecule has 1 heterocycles. The highest BCUT2D eigenvalue weighted by atomic mass is 127. The third kappa shape index (κ3) is 9.66. The van der Waals surface area contributed by atoms with Crippen LogP contribution in [0.25, 0.3) is 0 Å². The van der Waals surface area contributed by atoms with Crippen LogP contribution in [0.15, 0.2) is 17.4 Å². The average Bonchev–Trinajstić information content (AvgIpc) is 2.98. The minimum Gasteiger partial charge on any atom is -0.357 e. The number of amides is 1. The van der Waals surface area contributed by atoms with Crippen LogP contribution in [0.4, 0.5) is 0 Å². The average molecular weight is 464 g/mol. The van der Waals surface area contributed by atoms with E-state index in [1.165, 1.54) is 5.56 Å². The Morgan fingerprint density at radius 3 is 2.56 bits per heavy atom. The Labute approximate surface area is 168 Å². The smallest absolute Gasteiger partial charge is 0.224 e. The van der Waals surface area contributed by atoms with Crippen molar-refractivity contribution in [1.29, 1.82) is 0 Å². The van der Waals surface area contributed by atoms with E-state index < -0.39 is 0 Å². The second-order valence-corrected chi connectivity index (χ2v) is 5.64. The summed E-state index contributed by atoms with van der Waals surface area (Å²) in [5.41, 5.74) is 1.17. The number of nitrogens with zero attached hydrogens (tertiary/aromatic N) is 4. The van der Waals surface area contributed by atoms with E-state index in [1.54, 1.807) is 0 Å². The van der Waals surface area contributed by atoms with Crippen LogP contribution < -0.4 is 10.6 Å². The van der Waals surface area contributed by atoms with Crippen molar-refractivity contribution >= 4 is 35.8 Å². The summed E-state index contributed by atoms with van der Waals surface area (Å²) in [5.74, 6) is 0.943. The van der Waals surface area contributed by atoms with E-state index in [-0.39, 0.29) is 29.9 Å². The Bertz CT molecular complexity index is 513. The van der Waals surface area contributed by atoms with Gasteiger partial charge in [0, 0.05) is 51.9 Å². The first-order valence-corrected chi connectivity index (χ1v) is 8.89. The minimum absolute atomic E-state index is 0. The molecule has 0 bridgehead atoms. The fourth-order valence-corrected chi connectivity index (χ4v) is 2.38. The summed E-state index contributed by atoms with van der Waals surface area (Å²) in [5, 5.41) is 10.7. The molecular weight excluding hydrogens is 431 g/mol. The molecule has 0 fully saturated rings. The second kappa shape index (κ2) is 13.9. The SMILES string of the molecule is CCNC(=NCCCn1cc(C)cn1)NCCC(=O)N(CC)CC.I. The number of aromatic nitrogens is 2. The van der Waals surface area contributed by atoms with Gasteiger partial charge in [0.05, 0.1) is 6.20 Å². The second-order valence-electron chi connectivity index (χ2n) is 5.64. The van der Waals surface area contributed by atoms with E-state index >= 15 is 0 Å². The molecule has 0 unspecified atom stereocenters. The molecule has 0 aliphatic rings. The Hall–Kier alpha value is -1.32. The van der Waals surface area contributed by atoms with Gasteiger partial charge in [-0.15, -0.1) is 24.0 Å². The van der Waals surface area contributed by atoms with Gasteiger partial charge in [0.25, 0.3) is 0 Å². The van der Waals surface area contributed by atoms with Gasteiger partial charge < -0.3 is 15.5 Å². The largest absolute Gasteiger partial charge is 0.357 e. The molecule has 0 saturated heterocycles. The van der Waals surface area contributed by atoms with Crippen LogP contribution in [0, 0.1) is 6.92 Å². The molecule has 2 N–H and O–H groups in total. The molecule has 1 aromatic rings. The first-order valence-electron chi connectivity index (χ1n) is 8.89. The fraction of sp³-hybridized carbons (Fsp3) is 0.706. The molecule has 0 spiro atoms. The van der Waals surface area contributed by atoms with Crippen molar-refractivity contribution in [3.05, 3.63) is 18.0 Å². The third-order valence-electron chi connectivity index (χ3n) is 3.67. The van der Waals surface area contributed by atoms with E-state index in [1.807, 2.05) is 49.7 Å². The summed E-state index contributed by atoms with van der Waals surface area (Å²) in [7, 11) is 0. The van der Waals surface area contributed by atoms with Gasteiger partial charge in [-0.05, 0) is 39.7 Å². The zero-order chi connectivity index (χ0) is 17.8. The highest BCUT2D eigenvalue weighted by Crippen LogP contribution is 1.96. The lowest BCUT2D eigenvalue weighted by molar-refractivity contribution is -0.130. The van der Waals surface area contributed by atoms with Crippen LogP contribution in [0.5, 0.6) is 0 Å². The normalized spacial score (nSPS) is 11.0. The highest BCUT2D eigenvalue weighted by molar-refractivity contribution is 14.0. The molecule has 0 aliphatic heterocycles. The molecule has 1 rings (SSSR count). The predicted octanol–water partition coefficient (Wildman–Crippen LogP) is 2.01. The summed E-state index contributed by atoms with van der Waals surface area (Å²) in [6.07, 6.45) is 5.31. The van der Waals surface area contributed by atoms with Crippen molar-refractivity contribution in [2.45, 2.75) is 47.1 Å². The Balaban J connectivity index is 0.00000576. The van der Waals surface area contributed by atoms with Gasteiger partial charge in [0.2, 0.25) is 5.91 Å². The molecule has 0 aliphatic carbocycles. The lowest BCUT2D eigenvalue weighted by Gasteiger charge is -2.19. The summed E-state index contributed by atoms with van der Waals surface area (Å²) >= 11 is 0. The van der Waals surface area contributed by atoms with Gasteiger partial charge in [0.1, 0.15) is 0 Å². The molecule has 0 radical (unpaired) electrons. The fourth-order valence-electron chi connectivity index (χ4n) is 2.38. The third-order valence-corrected chi connectivity index (χ3v) is 3.67. The number of nitrogens with one attached hydrogen (secondary N) is 2. The van der Waals surface area contributed by atoms with E-state index in [4.69, 9.17) is 0 Å². The molecule has 0 aromatic carbocycles. The molecule has 0 atom stereocenters. The number of rotatable bonds is 10. The van der Waals surface area contributed by atoms with Crippen molar-refractivity contribution < 1.29 is 4.79 Å². The van der Waals surface area contributed by atoms with Crippen molar-refractivity contribution in [3.8, 4) is 0 Å². The topological polar surface area (TPSA) is 74.5 Å². The summed E-state index contributed by atoms with van der Waals surface area (Å²) in [6.45, 7) is 12.6. The van der Waals surface area contributed by atoms with Gasteiger partial charge >= 0.3 is 0 Å². The lowest BCUT2D eigenvalue weighted by atomic mass is 10.3. The van der Waals surface area contributed by atoms with Crippen LogP contribution in [0.1, 0.15) is 39.2 Å². The molecular formula is C17H33IN6O. The molecule has 144 valence electrons. The van der Waals surface area contributed by atoms with Gasteiger partial charge in [0.15, 0.2) is 5.96 Å². The van der Waals surface area contributed by atoms with Gasteiger partial charge in [-0.1, -0.05) is 0 Å². The summed E-state index contributed by atoms with van der Waals surface area (Å²) < 4.78 is 1.94. The van der Waals surface area contributed by atoms with Crippen molar-refractivity contribution in [3.63, 3.8) is 0 Å². The first kappa shape index (κ1) is 23.7. The summed E-state index contributed by atoms with van der Waals surface area (Å²) in [6, 6.07) is 0. The Morgan fingerprint density at radius 2 is 2.00 bits per heavy atom. The van der Waals surface area contributed by atoms with E-state index in [2.05, 4.69) is 20.7 Å². The zero-order valence-corrected chi connectivity index (χ0v) is 18.2. The van der Waals surface area contributed by atoms with Crippen LogP contribution in [-0.4, -0.2) is 59.3 Å². The maximum absolute atomic E-state index is 12.0. The monoisotopic (exact) mass is 464 g/mol. The Morgan fingerprint density at radius 1 is 1.28 bits per heavy atom. The lowest BCUT2D eigenvalue weighted by Crippen LogP contribution is -2.40. The molecule has 7 nitrogen and oxygen atoms in total. The first-order chi connectivity index (χ1) is 11.6. The molecule has 0 saturated carbocycles. The number of guanidine groups is 1. The summed E-state index contributed by atoms with van der Waals surface area (Å²) in [4.78, 5) is 18.4. The standard InChI is InChI=1S/C17H32N6O.HI/c1-5-18-17(20-11-9-16(24)22(6-2)7-3)19-10-8-12-23-14-15(4)13-21-23;/h13-14H,5-12H2,1-4H3,(H2,18,19,20);1H. The zero-order valence-electron chi connectivity index (χ0n) is 15.9. The highest BCUT2D eigenvalue weighted by Gasteiger charge is 2.08.